The summed E-state index contributed by atoms with van der Waals surface area (Å²) in [5.74, 6) is 1.17. The average Bonchev–Trinajstić information content (AvgIpc) is 2.92. The predicted molar refractivity (Wildman–Crippen MR) is 98.5 cm³/mol. The average molecular weight is 423 g/mol. The van der Waals surface area contributed by atoms with Crippen molar-refractivity contribution in [3.8, 4) is 0 Å². The molecule has 5 nitrogen and oxygen atoms in total. The molecule has 3 fully saturated rings. The summed E-state index contributed by atoms with van der Waals surface area (Å²) in [6.45, 7) is 5.67. The molecule has 0 aromatic rings. The van der Waals surface area contributed by atoms with Crippen molar-refractivity contribution in [2.45, 2.75) is 63.8 Å². The molecule has 2 aliphatic heterocycles. The van der Waals surface area contributed by atoms with E-state index in [2.05, 4.69) is 16.8 Å². The SMILES string of the molecule is CC1CCC2(CC1)OCC(CN=C(N)N1CCCCC1)O2.I. The summed E-state index contributed by atoms with van der Waals surface area (Å²) in [7, 11) is 0. The van der Waals surface area contributed by atoms with Crippen molar-refractivity contribution < 1.29 is 9.47 Å². The molecular weight excluding hydrogens is 393 g/mol. The Morgan fingerprint density at radius 3 is 2.59 bits per heavy atom. The smallest absolute Gasteiger partial charge is 0.191 e. The molecule has 1 saturated carbocycles. The van der Waals surface area contributed by atoms with Gasteiger partial charge in [-0.1, -0.05) is 6.92 Å². The van der Waals surface area contributed by atoms with Gasteiger partial charge in [0.25, 0.3) is 0 Å². The summed E-state index contributed by atoms with van der Waals surface area (Å²) < 4.78 is 12.1. The lowest BCUT2D eigenvalue weighted by atomic mass is 9.86. The van der Waals surface area contributed by atoms with E-state index in [1.807, 2.05) is 0 Å². The normalized spacial score (nSPS) is 36.4. The number of ether oxygens (including phenoxy) is 2. The number of nitrogens with zero attached hydrogens (tertiary/aromatic N) is 2. The van der Waals surface area contributed by atoms with E-state index in [4.69, 9.17) is 15.2 Å². The number of hydrogen-bond acceptors (Lipinski definition) is 3. The number of piperidine rings is 1. The zero-order valence-electron chi connectivity index (χ0n) is 13.6. The molecular formula is C16H30IN3O2. The van der Waals surface area contributed by atoms with E-state index in [1.165, 1.54) is 32.1 Å². The summed E-state index contributed by atoms with van der Waals surface area (Å²) in [5, 5.41) is 0. The third-order valence-electron chi connectivity index (χ3n) is 5.09. The summed E-state index contributed by atoms with van der Waals surface area (Å²) in [4.78, 5) is 6.73. The van der Waals surface area contributed by atoms with Crippen LogP contribution in [0, 0.1) is 5.92 Å². The van der Waals surface area contributed by atoms with Crippen molar-refractivity contribution in [3.05, 3.63) is 0 Å². The van der Waals surface area contributed by atoms with Crippen LogP contribution in [-0.2, 0) is 9.47 Å². The van der Waals surface area contributed by atoms with Crippen LogP contribution in [-0.4, -0.2) is 49.0 Å². The van der Waals surface area contributed by atoms with Crippen LogP contribution in [0.5, 0.6) is 0 Å². The van der Waals surface area contributed by atoms with Gasteiger partial charge < -0.3 is 20.1 Å². The molecule has 6 heteroatoms. The first-order chi connectivity index (χ1) is 10.2. The van der Waals surface area contributed by atoms with Crippen LogP contribution >= 0.6 is 24.0 Å². The Labute approximate surface area is 151 Å². The maximum absolute atomic E-state index is 6.17. The number of guanidine groups is 1. The van der Waals surface area contributed by atoms with Crippen LogP contribution in [0.4, 0.5) is 0 Å². The quantitative estimate of drug-likeness (QED) is 0.422. The highest BCUT2D eigenvalue weighted by molar-refractivity contribution is 14.0. The Morgan fingerprint density at radius 1 is 1.23 bits per heavy atom. The van der Waals surface area contributed by atoms with Gasteiger partial charge in [0.05, 0.1) is 13.2 Å². The maximum atomic E-state index is 6.17. The third kappa shape index (κ3) is 4.47. The van der Waals surface area contributed by atoms with E-state index in [0.717, 1.165) is 31.8 Å². The Bertz CT molecular complexity index is 378. The van der Waals surface area contributed by atoms with Gasteiger partial charge >= 0.3 is 0 Å². The van der Waals surface area contributed by atoms with Crippen LogP contribution in [0.2, 0.25) is 0 Å². The van der Waals surface area contributed by atoms with E-state index in [0.29, 0.717) is 19.1 Å². The Morgan fingerprint density at radius 2 is 1.91 bits per heavy atom. The molecule has 0 aromatic carbocycles. The number of aliphatic imine (C=N–C) groups is 1. The lowest BCUT2D eigenvalue weighted by Gasteiger charge is -2.34. The number of halogens is 1. The fraction of sp³-hybridized carbons (Fsp3) is 0.938. The van der Waals surface area contributed by atoms with Gasteiger partial charge in [0.1, 0.15) is 6.10 Å². The van der Waals surface area contributed by atoms with Crippen molar-refractivity contribution in [1.29, 1.82) is 0 Å². The lowest BCUT2D eigenvalue weighted by Crippen LogP contribution is -2.41. The van der Waals surface area contributed by atoms with Gasteiger partial charge in [0.15, 0.2) is 11.7 Å². The molecule has 1 unspecified atom stereocenters. The van der Waals surface area contributed by atoms with E-state index in [1.54, 1.807) is 0 Å². The zero-order valence-corrected chi connectivity index (χ0v) is 16.0. The topological polar surface area (TPSA) is 60.1 Å². The minimum absolute atomic E-state index is 0. The van der Waals surface area contributed by atoms with E-state index >= 15 is 0 Å². The van der Waals surface area contributed by atoms with Gasteiger partial charge in [-0.15, -0.1) is 24.0 Å². The molecule has 0 radical (unpaired) electrons. The second-order valence-corrected chi connectivity index (χ2v) is 6.89. The molecule has 1 aliphatic carbocycles. The van der Waals surface area contributed by atoms with Gasteiger partial charge in [-0.25, -0.2) is 0 Å². The Hall–Kier alpha value is -0.0800. The van der Waals surface area contributed by atoms with Gasteiger partial charge in [0.2, 0.25) is 0 Å². The van der Waals surface area contributed by atoms with Crippen molar-refractivity contribution in [1.82, 2.24) is 4.90 Å². The molecule has 0 bridgehead atoms. The monoisotopic (exact) mass is 423 g/mol. The third-order valence-corrected chi connectivity index (χ3v) is 5.09. The number of hydrogen-bond donors (Lipinski definition) is 1. The van der Waals surface area contributed by atoms with Crippen LogP contribution in [0.15, 0.2) is 4.99 Å². The van der Waals surface area contributed by atoms with Gasteiger partial charge in [-0.2, -0.15) is 0 Å². The summed E-state index contributed by atoms with van der Waals surface area (Å²) in [5.41, 5.74) is 6.09. The van der Waals surface area contributed by atoms with Crippen LogP contribution in [0.25, 0.3) is 0 Å². The fourth-order valence-corrected chi connectivity index (χ4v) is 3.59. The van der Waals surface area contributed by atoms with Crippen LogP contribution < -0.4 is 5.73 Å². The molecule has 3 rings (SSSR count). The number of likely N-dealkylation sites (tertiary alicyclic amines) is 1. The molecule has 2 N–H and O–H groups in total. The molecule has 0 amide bonds. The van der Waals surface area contributed by atoms with Crippen LogP contribution in [0.1, 0.15) is 51.9 Å². The predicted octanol–water partition coefficient (Wildman–Crippen LogP) is 2.73. The maximum Gasteiger partial charge on any atom is 0.191 e. The second kappa shape index (κ2) is 8.15. The molecule has 22 heavy (non-hydrogen) atoms. The first-order valence-electron chi connectivity index (χ1n) is 8.53. The zero-order chi connectivity index (χ0) is 14.7. The Balaban J connectivity index is 0.00000176. The molecule has 2 saturated heterocycles. The first kappa shape index (κ1) is 18.3. The molecule has 3 aliphatic rings. The van der Waals surface area contributed by atoms with Gasteiger partial charge in [0, 0.05) is 25.9 Å². The van der Waals surface area contributed by atoms with Crippen molar-refractivity contribution >= 4 is 29.9 Å². The summed E-state index contributed by atoms with van der Waals surface area (Å²) >= 11 is 0. The summed E-state index contributed by atoms with van der Waals surface area (Å²) in [6.07, 6.45) is 8.27. The van der Waals surface area contributed by atoms with E-state index in [9.17, 15) is 0 Å². The number of rotatable bonds is 2. The first-order valence-corrected chi connectivity index (χ1v) is 8.53. The van der Waals surface area contributed by atoms with Crippen molar-refractivity contribution in [2.24, 2.45) is 16.6 Å². The second-order valence-electron chi connectivity index (χ2n) is 6.89. The molecule has 1 spiro atoms. The van der Waals surface area contributed by atoms with Crippen molar-refractivity contribution in [3.63, 3.8) is 0 Å². The lowest BCUT2D eigenvalue weighted by molar-refractivity contribution is -0.190. The van der Waals surface area contributed by atoms with Crippen LogP contribution in [0.3, 0.4) is 0 Å². The minimum Gasteiger partial charge on any atom is -0.370 e. The number of nitrogens with two attached hydrogens (primary N) is 1. The van der Waals surface area contributed by atoms with Gasteiger partial charge in [-0.05, 0) is 38.0 Å². The molecule has 1 atom stereocenters. The highest BCUT2D eigenvalue weighted by atomic mass is 127. The van der Waals surface area contributed by atoms with E-state index < -0.39 is 0 Å². The van der Waals surface area contributed by atoms with Crippen molar-refractivity contribution in [2.75, 3.05) is 26.2 Å². The summed E-state index contributed by atoms with van der Waals surface area (Å²) in [6, 6.07) is 0. The van der Waals surface area contributed by atoms with E-state index in [-0.39, 0.29) is 35.9 Å². The fourth-order valence-electron chi connectivity index (χ4n) is 3.59. The largest absolute Gasteiger partial charge is 0.370 e. The molecule has 0 aromatic heterocycles. The molecule has 128 valence electrons. The minimum atomic E-state index is -0.313. The van der Waals surface area contributed by atoms with Gasteiger partial charge in [-0.3, -0.25) is 4.99 Å². The Kier molecular flexibility index (Phi) is 6.76. The molecule has 2 heterocycles. The standard InChI is InChI=1S/C16H29N3O2.HI/c1-13-5-7-16(8-6-13)20-12-14(21-16)11-18-15(17)19-9-3-2-4-10-19;/h13-14H,2-12H2,1H3,(H2,17,18);1H. The highest BCUT2D eigenvalue weighted by Gasteiger charge is 2.43. The highest BCUT2D eigenvalue weighted by Crippen LogP contribution is 2.39.